The number of esters is 1. The number of carbonyl (C=O) groups excluding carboxylic acids is 1. The molecule has 1 saturated carbocycles. The van der Waals surface area contributed by atoms with Crippen LogP contribution in [0.4, 0.5) is 16.2 Å². The van der Waals surface area contributed by atoms with Crippen LogP contribution in [0.1, 0.15) is 32.9 Å². The topological polar surface area (TPSA) is 185 Å². The number of halogens is 2. The summed E-state index contributed by atoms with van der Waals surface area (Å²) in [4.78, 5) is 23.1. The number of anilines is 2. The fourth-order valence-corrected chi connectivity index (χ4v) is 6.25. The lowest BCUT2D eigenvalue weighted by Gasteiger charge is -2.27. The van der Waals surface area contributed by atoms with E-state index in [2.05, 4.69) is 25.4 Å². The Morgan fingerprint density at radius 1 is 1.36 bits per heavy atom. The highest BCUT2D eigenvalue weighted by molar-refractivity contribution is 7.52. The Labute approximate surface area is 245 Å². The molecule has 5 N–H and O–H groups in total. The van der Waals surface area contributed by atoms with Crippen LogP contribution in [0.25, 0.3) is 11.2 Å². The van der Waals surface area contributed by atoms with Crippen LogP contribution in [0.5, 0.6) is 5.75 Å². The van der Waals surface area contributed by atoms with Crippen LogP contribution in [-0.2, 0) is 23.4 Å². The number of nitrogens with zero attached hydrogens (tertiary/aromatic N) is 4. The van der Waals surface area contributed by atoms with E-state index in [1.54, 1.807) is 37.3 Å². The summed E-state index contributed by atoms with van der Waals surface area (Å²) in [6, 6.07) is 7.29. The number of carbonyl (C=O) groups is 1. The lowest BCUT2D eigenvalue weighted by molar-refractivity contribution is -0.144. The lowest BCUT2D eigenvalue weighted by atomic mass is 10.0. The van der Waals surface area contributed by atoms with E-state index in [9.17, 15) is 18.9 Å². The Morgan fingerprint density at radius 2 is 2.10 bits per heavy atom. The molecule has 5 rings (SSSR count). The van der Waals surface area contributed by atoms with Gasteiger partial charge in [-0.15, -0.1) is 11.6 Å². The van der Waals surface area contributed by atoms with Crippen LogP contribution in [0.3, 0.4) is 0 Å². The smallest absolute Gasteiger partial charge is 0.459 e. The number of alkyl halides is 2. The molecule has 0 amide bonds. The van der Waals surface area contributed by atoms with E-state index in [0.29, 0.717) is 11.3 Å². The third-order valence-corrected chi connectivity index (χ3v) is 8.90. The summed E-state index contributed by atoms with van der Waals surface area (Å²) in [5.41, 5.74) is 6.51. The number of nitrogen functional groups attached to an aromatic ring is 1. The number of benzene rings is 1. The maximum absolute atomic E-state index is 14.5. The van der Waals surface area contributed by atoms with Crippen molar-refractivity contribution in [3.05, 3.63) is 36.7 Å². The van der Waals surface area contributed by atoms with Gasteiger partial charge in [-0.05, 0) is 38.8 Å². The number of rotatable bonds is 13. The van der Waals surface area contributed by atoms with E-state index in [-0.39, 0.29) is 30.0 Å². The van der Waals surface area contributed by atoms with E-state index in [0.717, 1.165) is 12.8 Å². The summed E-state index contributed by atoms with van der Waals surface area (Å²) in [5.74, 6) is -0.134. The predicted octanol–water partition coefficient (Wildman–Crippen LogP) is 2.93. The number of nitrogens with one attached hydrogen (secondary N) is 2. The summed E-state index contributed by atoms with van der Waals surface area (Å²) in [6.45, 7) is 1.40. The molecule has 0 radical (unpaired) electrons. The van der Waals surface area contributed by atoms with Crippen LogP contribution < -0.4 is 20.7 Å². The molecule has 2 fully saturated rings. The maximum atomic E-state index is 14.5. The summed E-state index contributed by atoms with van der Waals surface area (Å²) in [7, 11) is -4.29. The average molecular weight is 628 g/mol. The van der Waals surface area contributed by atoms with Crippen LogP contribution in [-0.4, -0.2) is 79.6 Å². The van der Waals surface area contributed by atoms with Crippen molar-refractivity contribution >= 4 is 48.2 Å². The number of aliphatic hydroxyl groups is 1. The van der Waals surface area contributed by atoms with Gasteiger partial charge in [0.05, 0.1) is 19.5 Å². The molecule has 1 aliphatic heterocycles. The molecule has 1 saturated heterocycles. The molecule has 2 aromatic heterocycles. The molecule has 1 aliphatic carbocycles. The lowest BCUT2D eigenvalue weighted by Crippen LogP contribution is -2.44. The molecule has 6 atom stereocenters. The first-order chi connectivity index (χ1) is 20.1. The number of imidazole rings is 1. The Bertz CT molecular complexity index is 1470. The highest BCUT2D eigenvalue weighted by atomic mass is 35.5. The second kappa shape index (κ2) is 12.3. The molecule has 0 unspecified atom stereocenters. The van der Waals surface area contributed by atoms with E-state index in [1.165, 1.54) is 17.8 Å². The Balaban J connectivity index is 1.39. The Hall–Kier alpha value is -3.07. The quantitative estimate of drug-likeness (QED) is 0.123. The maximum Gasteiger partial charge on any atom is 0.459 e. The Morgan fingerprint density at radius 3 is 2.76 bits per heavy atom. The first kappa shape index (κ1) is 30.4. The first-order valence-corrected chi connectivity index (χ1v) is 15.3. The molecule has 2 aliphatic rings. The number of hydrogen-bond donors (Lipinski definition) is 4. The third kappa shape index (κ3) is 6.31. The van der Waals surface area contributed by atoms with Crippen molar-refractivity contribution in [3.63, 3.8) is 0 Å². The van der Waals surface area contributed by atoms with Gasteiger partial charge in [0.25, 0.3) is 0 Å². The largest absolute Gasteiger partial charge is 0.465 e. The van der Waals surface area contributed by atoms with Crippen molar-refractivity contribution in [2.45, 2.75) is 62.1 Å². The molecular weight excluding hydrogens is 596 g/mol. The summed E-state index contributed by atoms with van der Waals surface area (Å²) >= 11 is 6.65. The SMILES string of the molecule is CCOC(=O)[C@@H](C)N[P@@](=O)(OC[C@H]1O[C@@H](n2cnc3c(NC4CC4)nc(N)nc32)[C@@](Cl)(CF)[C@@H]1O)Oc1ccccc1. The standard InChI is InChI=1S/C25H32ClFN7O7P/c1-3-38-22(36)14(2)33-42(37,41-16-7-5-4-6-8-16)39-11-17-19(35)25(26,12-27)23(40-17)34-13-29-18-20(30-15-9-10-15)31-24(28)32-21(18)34/h4-8,13-15,17,19,23,35H,3,9-12H2,1-2H3,(H,33,37)(H3,28,30,31,32)/t14-,17-,19-,23-,25-,42-/m1/s1. The molecule has 0 spiro atoms. The van der Waals surface area contributed by atoms with Crippen molar-refractivity contribution in [1.82, 2.24) is 24.6 Å². The second-order valence-corrected chi connectivity index (χ2v) is 12.4. The van der Waals surface area contributed by atoms with Gasteiger partial charge < -0.3 is 30.2 Å². The number of nitrogens with two attached hydrogens (primary N) is 1. The van der Waals surface area contributed by atoms with E-state index >= 15 is 0 Å². The van der Waals surface area contributed by atoms with Gasteiger partial charge in [0, 0.05) is 6.04 Å². The minimum absolute atomic E-state index is 0.0490. The molecule has 0 bridgehead atoms. The zero-order chi connectivity index (χ0) is 30.1. The van der Waals surface area contributed by atoms with E-state index in [1.807, 2.05) is 0 Å². The van der Waals surface area contributed by atoms with Gasteiger partial charge in [0.1, 0.15) is 35.5 Å². The zero-order valence-electron chi connectivity index (χ0n) is 22.9. The number of aliphatic hydroxyl groups excluding tert-OH is 1. The first-order valence-electron chi connectivity index (χ1n) is 13.4. The van der Waals surface area contributed by atoms with Gasteiger partial charge in [-0.25, -0.2) is 13.9 Å². The normalized spacial score (nSPS) is 26.1. The molecule has 3 aromatic rings. The predicted molar refractivity (Wildman–Crippen MR) is 151 cm³/mol. The Kier molecular flexibility index (Phi) is 8.88. The van der Waals surface area contributed by atoms with Crippen LogP contribution in [0, 0.1) is 0 Å². The molecular formula is C25H32ClFN7O7P. The highest BCUT2D eigenvalue weighted by Crippen LogP contribution is 2.49. The molecule has 3 heterocycles. The summed E-state index contributed by atoms with van der Waals surface area (Å²) in [6.07, 6.45) is -0.940. The van der Waals surface area contributed by atoms with Gasteiger partial charge in [0.2, 0.25) is 5.95 Å². The van der Waals surface area contributed by atoms with Crippen molar-refractivity contribution in [1.29, 1.82) is 0 Å². The van der Waals surface area contributed by atoms with Gasteiger partial charge in [0.15, 0.2) is 23.2 Å². The van der Waals surface area contributed by atoms with Gasteiger partial charge >= 0.3 is 13.7 Å². The molecule has 228 valence electrons. The second-order valence-electron chi connectivity index (χ2n) is 10.0. The van der Waals surface area contributed by atoms with Gasteiger partial charge in [-0.1, -0.05) is 18.2 Å². The molecule has 17 heteroatoms. The average Bonchev–Trinajstić information content (AvgIpc) is 3.62. The van der Waals surface area contributed by atoms with E-state index < -0.39 is 56.3 Å². The molecule has 42 heavy (non-hydrogen) atoms. The van der Waals surface area contributed by atoms with Gasteiger partial charge in [-0.2, -0.15) is 15.1 Å². The van der Waals surface area contributed by atoms with Crippen molar-refractivity contribution in [2.24, 2.45) is 0 Å². The van der Waals surface area contributed by atoms with Crippen LogP contribution in [0.15, 0.2) is 36.7 Å². The zero-order valence-corrected chi connectivity index (χ0v) is 24.5. The van der Waals surface area contributed by atoms with Crippen molar-refractivity contribution in [3.8, 4) is 5.75 Å². The van der Waals surface area contributed by atoms with Crippen LogP contribution in [0.2, 0.25) is 0 Å². The van der Waals surface area contributed by atoms with Gasteiger partial charge in [-0.3, -0.25) is 13.9 Å². The van der Waals surface area contributed by atoms with E-state index in [4.69, 9.17) is 35.9 Å². The number of aromatic nitrogens is 4. The minimum atomic E-state index is -4.29. The number of para-hydroxylation sites is 1. The number of hydrogen-bond acceptors (Lipinski definition) is 12. The minimum Gasteiger partial charge on any atom is -0.465 e. The van der Waals surface area contributed by atoms with Crippen molar-refractivity contribution in [2.75, 3.05) is 30.9 Å². The number of ether oxygens (including phenoxy) is 2. The summed E-state index contributed by atoms with van der Waals surface area (Å²) < 4.78 is 51.9. The highest BCUT2D eigenvalue weighted by Gasteiger charge is 2.57. The molecule has 14 nitrogen and oxygen atoms in total. The summed E-state index contributed by atoms with van der Waals surface area (Å²) in [5, 5.41) is 16.9. The fourth-order valence-electron chi connectivity index (χ4n) is 4.45. The fraction of sp³-hybridized carbons (Fsp3) is 0.520. The number of fused-ring (bicyclic) bond motifs is 1. The van der Waals surface area contributed by atoms with Crippen LogP contribution >= 0.6 is 19.3 Å². The monoisotopic (exact) mass is 627 g/mol. The molecule has 1 aromatic carbocycles. The third-order valence-electron chi connectivity index (χ3n) is 6.74. The van der Waals surface area contributed by atoms with Crippen molar-refractivity contribution < 1.29 is 37.4 Å².